The molecule has 1 aromatic heterocycles. The molecule has 0 saturated heterocycles. The number of hydrogen-bond acceptors (Lipinski definition) is 4. The van der Waals surface area contributed by atoms with E-state index in [0.717, 1.165) is 18.5 Å². The zero-order valence-electron chi connectivity index (χ0n) is 9.19. The maximum Gasteiger partial charge on any atom is 0.327 e. The highest BCUT2D eigenvalue weighted by molar-refractivity contribution is 5.69. The summed E-state index contributed by atoms with van der Waals surface area (Å²) < 4.78 is 6.49. The van der Waals surface area contributed by atoms with E-state index in [1.807, 2.05) is 6.92 Å². The Morgan fingerprint density at radius 1 is 1.67 bits per heavy atom. The fourth-order valence-corrected chi connectivity index (χ4v) is 1.12. The lowest BCUT2D eigenvalue weighted by Gasteiger charge is -2.03. The van der Waals surface area contributed by atoms with Crippen molar-refractivity contribution in [3.63, 3.8) is 0 Å². The molecule has 0 atom stereocenters. The Balaban J connectivity index is 2.37. The summed E-state index contributed by atoms with van der Waals surface area (Å²) in [5, 5.41) is 4.07. The molecule has 0 aliphatic carbocycles. The van der Waals surface area contributed by atoms with Crippen LogP contribution in [0.4, 0.5) is 5.69 Å². The second kappa shape index (κ2) is 5.38. The Morgan fingerprint density at radius 3 is 2.93 bits per heavy atom. The Morgan fingerprint density at radius 2 is 2.40 bits per heavy atom. The first-order valence-corrected chi connectivity index (χ1v) is 5.08. The quantitative estimate of drug-likeness (QED) is 0.585. The molecule has 5 heteroatoms. The number of carbonyl (C=O) groups is 1. The van der Waals surface area contributed by atoms with Gasteiger partial charge >= 0.3 is 5.97 Å². The zero-order valence-corrected chi connectivity index (χ0v) is 9.19. The summed E-state index contributed by atoms with van der Waals surface area (Å²) in [6.45, 7) is 4.45. The Kier molecular flexibility index (Phi) is 4.15. The van der Waals surface area contributed by atoms with Crippen LogP contribution >= 0.6 is 0 Å². The monoisotopic (exact) mass is 211 g/mol. The highest BCUT2D eigenvalue weighted by Crippen LogP contribution is 2.06. The molecule has 2 N–H and O–H groups in total. The lowest BCUT2D eigenvalue weighted by atomic mass is 10.4. The van der Waals surface area contributed by atoms with E-state index in [2.05, 4.69) is 5.10 Å². The van der Waals surface area contributed by atoms with Crippen LogP contribution in [-0.2, 0) is 16.1 Å². The smallest absolute Gasteiger partial charge is 0.327 e. The summed E-state index contributed by atoms with van der Waals surface area (Å²) in [4.78, 5) is 11.3. The molecule has 0 aliphatic heterocycles. The molecular formula is C10H17N3O2. The number of unbranched alkanes of at least 4 members (excludes halogenated alkanes) is 1. The third kappa shape index (κ3) is 3.61. The number of nitrogens with zero attached hydrogens (tertiary/aromatic N) is 2. The van der Waals surface area contributed by atoms with Gasteiger partial charge in [0.25, 0.3) is 0 Å². The van der Waals surface area contributed by atoms with Crippen molar-refractivity contribution in [1.29, 1.82) is 0 Å². The van der Waals surface area contributed by atoms with Crippen molar-refractivity contribution in [2.45, 2.75) is 33.2 Å². The normalized spacial score (nSPS) is 10.3. The molecule has 1 rings (SSSR count). The first kappa shape index (κ1) is 11.6. The second-order valence-corrected chi connectivity index (χ2v) is 3.44. The summed E-state index contributed by atoms with van der Waals surface area (Å²) in [6, 6.07) is 0. The number of aryl methyl sites for hydroxylation is 1. The van der Waals surface area contributed by atoms with E-state index >= 15 is 0 Å². The van der Waals surface area contributed by atoms with Gasteiger partial charge in [-0.1, -0.05) is 13.3 Å². The predicted octanol–water partition coefficient (Wildman–Crippen LogP) is 1.12. The highest BCUT2D eigenvalue weighted by atomic mass is 16.5. The van der Waals surface area contributed by atoms with Gasteiger partial charge in [0, 0.05) is 6.20 Å². The van der Waals surface area contributed by atoms with Gasteiger partial charge in [-0.3, -0.25) is 9.48 Å². The molecular weight excluding hydrogens is 194 g/mol. The number of carbonyl (C=O) groups excluding carboxylic acids is 1. The Labute approximate surface area is 89.2 Å². The molecule has 84 valence electrons. The summed E-state index contributed by atoms with van der Waals surface area (Å²) >= 11 is 0. The number of anilines is 1. The molecule has 0 spiro atoms. The van der Waals surface area contributed by atoms with Gasteiger partial charge in [0.1, 0.15) is 6.54 Å². The van der Waals surface area contributed by atoms with Crippen molar-refractivity contribution >= 4 is 11.7 Å². The topological polar surface area (TPSA) is 70.1 Å². The number of hydrogen-bond donors (Lipinski definition) is 1. The lowest BCUT2D eigenvalue weighted by molar-refractivity contribution is -0.144. The standard InChI is InChI=1S/C10H17N3O2/c1-3-4-5-15-10(14)7-13-6-9(11)8(2)12-13/h6H,3-5,7,11H2,1-2H3. The first-order valence-electron chi connectivity index (χ1n) is 5.08. The number of rotatable bonds is 5. The van der Waals surface area contributed by atoms with Crippen LogP contribution in [0, 0.1) is 6.92 Å². The molecule has 15 heavy (non-hydrogen) atoms. The number of ether oxygens (including phenoxy) is 1. The molecule has 1 aromatic rings. The third-order valence-electron chi connectivity index (χ3n) is 2.04. The maximum atomic E-state index is 11.3. The largest absolute Gasteiger partial charge is 0.464 e. The van der Waals surface area contributed by atoms with Crippen LogP contribution in [0.2, 0.25) is 0 Å². The molecule has 0 aliphatic rings. The van der Waals surface area contributed by atoms with Gasteiger partial charge < -0.3 is 10.5 Å². The number of nitrogens with two attached hydrogens (primary N) is 1. The van der Waals surface area contributed by atoms with E-state index in [4.69, 9.17) is 10.5 Å². The lowest BCUT2D eigenvalue weighted by Crippen LogP contribution is -2.14. The average molecular weight is 211 g/mol. The molecule has 0 bridgehead atoms. The van der Waals surface area contributed by atoms with Crippen LogP contribution in [0.15, 0.2) is 6.20 Å². The molecule has 0 fully saturated rings. The van der Waals surface area contributed by atoms with E-state index in [-0.39, 0.29) is 12.5 Å². The predicted molar refractivity (Wildman–Crippen MR) is 57.2 cm³/mol. The molecule has 0 unspecified atom stereocenters. The highest BCUT2D eigenvalue weighted by Gasteiger charge is 2.06. The zero-order chi connectivity index (χ0) is 11.3. The minimum Gasteiger partial charge on any atom is -0.464 e. The van der Waals surface area contributed by atoms with Gasteiger partial charge in [0.05, 0.1) is 18.0 Å². The fourth-order valence-electron chi connectivity index (χ4n) is 1.12. The van der Waals surface area contributed by atoms with Crippen LogP contribution in [0.25, 0.3) is 0 Å². The van der Waals surface area contributed by atoms with Gasteiger partial charge in [0.15, 0.2) is 0 Å². The number of esters is 1. The average Bonchev–Trinajstić information content (AvgIpc) is 2.46. The van der Waals surface area contributed by atoms with Crippen LogP contribution in [0.1, 0.15) is 25.5 Å². The van der Waals surface area contributed by atoms with E-state index in [1.165, 1.54) is 4.68 Å². The number of nitrogen functional groups attached to an aromatic ring is 1. The van der Waals surface area contributed by atoms with Gasteiger partial charge in [-0.05, 0) is 13.3 Å². The summed E-state index contributed by atoms with van der Waals surface area (Å²) in [5.41, 5.74) is 6.93. The van der Waals surface area contributed by atoms with Crippen molar-refractivity contribution in [3.05, 3.63) is 11.9 Å². The van der Waals surface area contributed by atoms with Gasteiger partial charge in [-0.2, -0.15) is 5.10 Å². The second-order valence-electron chi connectivity index (χ2n) is 3.44. The van der Waals surface area contributed by atoms with E-state index in [9.17, 15) is 4.79 Å². The Bertz CT molecular complexity index is 314. The molecule has 0 amide bonds. The first-order chi connectivity index (χ1) is 7.13. The van der Waals surface area contributed by atoms with Crippen LogP contribution in [0.3, 0.4) is 0 Å². The van der Waals surface area contributed by atoms with E-state index in [0.29, 0.717) is 12.3 Å². The van der Waals surface area contributed by atoms with E-state index in [1.54, 1.807) is 13.1 Å². The Hall–Kier alpha value is -1.52. The van der Waals surface area contributed by atoms with Crippen molar-refractivity contribution in [2.75, 3.05) is 12.3 Å². The van der Waals surface area contributed by atoms with Crippen molar-refractivity contribution < 1.29 is 9.53 Å². The van der Waals surface area contributed by atoms with E-state index < -0.39 is 0 Å². The van der Waals surface area contributed by atoms with Gasteiger partial charge in [-0.25, -0.2) is 0 Å². The van der Waals surface area contributed by atoms with Crippen molar-refractivity contribution in [3.8, 4) is 0 Å². The van der Waals surface area contributed by atoms with Crippen LogP contribution in [-0.4, -0.2) is 22.4 Å². The van der Waals surface area contributed by atoms with Crippen molar-refractivity contribution in [2.24, 2.45) is 0 Å². The minimum atomic E-state index is -0.272. The summed E-state index contributed by atoms with van der Waals surface area (Å²) in [6.07, 6.45) is 3.55. The fraction of sp³-hybridized carbons (Fsp3) is 0.600. The number of aromatic nitrogens is 2. The third-order valence-corrected chi connectivity index (χ3v) is 2.04. The molecule has 5 nitrogen and oxygen atoms in total. The van der Waals surface area contributed by atoms with Gasteiger partial charge in [-0.15, -0.1) is 0 Å². The molecule has 1 heterocycles. The van der Waals surface area contributed by atoms with Gasteiger partial charge in [0.2, 0.25) is 0 Å². The maximum absolute atomic E-state index is 11.3. The SMILES string of the molecule is CCCCOC(=O)Cn1cc(N)c(C)n1. The molecule has 0 aromatic carbocycles. The summed E-state index contributed by atoms with van der Waals surface area (Å²) in [7, 11) is 0. The van der Waals surface area contributed by atoms with Crippen LogP contribution in [0.5, 0.6) is 0 Å². The van der Waals surface area contributed by atoms with Crippen LogP contribution < -0.4 is 5.73 Å². The van der Waals surface area contributed by atoms with Crippen molar-refractivity contribution in [1.82, 2.24) is 9.78 Å². The minimum absolute atomic E-state index is 0.127. The summed E-state index contributed by atoms with van der Waals surface area (Å²) in [5.74, 6) is -0.272. The molecule has 0 saturated carbocycles. The molecule has 0 radical (unpaired) electrons.